The molecule has 6 nitrogen and oxygen atoms in total. The van der Waals surface area contributed by atoms with Gasteiger partial charge in [0.15, 0.2) is 6.10 Å². The Morgan fingerprint density at radius 3 is 0.792 bits per heavy atom. The van der Waals surface area contributed by atoms with Crippen molar-refractivity contribution in [2.75, 3.05) is 13.2 Å². The third-order valence-corrected chi connectivity index (χ3v) is 13.4. The first-order valence-electron chi connectivity index (χ1n) is 32.0. The number of rotatable bonds is 57. The largest absolute Gasteiger partial charge is 0.462 e. The van der Waals surface area contributed by atoms with Gasteiger partial charge in [0, 0.05) is 19.3 Å². The van der Waals surface area contributed by atoms with E-state index in [0.29, 0.717) is 19.3 Å². The molecule has 1 atom stereocenters. The molecule has 0 aromatic rings. The molecule has 438 valence electrons. The minimum atomic E-state index is -0.796. The molecule has 0 radical (unpaired) electrons. The molecular formula is C71H118O6. The number of esters is 3. The van der Waals surface area contributed by atoms with Crippen molar-refractivity contribution < 1.29 is 28.6 Å². The maximum Gasteiger partial charge on any atom is 0.306 e. The quantitative estimate of drug-likeness (QED) is 0.0261. The van der Waals surface area contributed by atoms with Crippen molar-refractivity contribution in [3.63, 3.8) is 0 Å². The Kier molecular flexibility index (Phi) is 60.8. The van der Waals surface area contributed by atoms with Crippen LogP contribution in [-0.2, 0) is 28.6 Å². The van der Waals surface area contributed by atoms with E-state index in [1.807, 2.05) is 0 Å². The monoisotopic (exact) mass is 1070 g/mol. The zero-order chi connectivity index (χ0) is 55.7. The van der Waals surface area contributed by atoms with E-state index < -0.39 is 6.10 Å². The van der Waals surface area contributed by atoms with Crippen molar-refractivity contribution in [1.29, 1.82) is 0 Å². The number of hydrogen-bond acceptors (Lipinski definition) is 6. The minimum absolute atomic E-state index is 0.0907. The molecule has 0 saturated carbocycles. The fourth-order valence-corrected chi connectivity index (χ4v) is 8.69. The Bertz CT molecular complexity index is 1600. The van der Waals surface area contributed by atoms with Crippen LogP contribution < -0.4 is 0 Å². The summed E-state index contributed by atoms with van der Waals surface area (Å²) in [5, 5.41) is 0. The highest BCUT2D eigenvalue weighted by molar-refractivity contribution is 5.71. The van der Waals surface area contributed by atoms with Gasteiger partial charge in [-0.25, -0.2) is 0 Å². The zero-order valence-electron chi connectivity index (χ0n) is 50.2. The van der Waals surface area contributed by atoms with Gasteiger partial charge in [-0.15, -0.1) is 0 Å². The smallest absolute Gasteiger partial charge is 0.306 e. The second kappa shape index (κ2) is 64.3. The van der Waals surface area contributed by atoms with Gasteiger partial charge < -0.3 is 14.2 Å². The Balaban J connectivity index is 4.44. The molecule has 0 heterocycles. The van der Waals surface area contributed by atoms with Crippen molar-refractivity contribution in [1.82, 2.24) is 0 Å². The normalized spacial score (nSPS) is 12.9. The molecule has 0 spiro atoms. The summed E-state index contributed by atoms with van der Waals surface area (Å²) in [5.41, 5.74) is 0. The van der Waals surface area contributed by atoms with Crippen LogP contribution in [-0.4, -0.2) is 37.2 Å². The van der Waals surface area contributed by atoms with E-state index in [1.165, 1.54) is 116 Å². The highest BCUT2D eigenvalue weighted by Gasteiger charge is 2.19. The number of unbranched alkanes of at least 4 members (excludes halogenated alkanes) is 26. The second-order valence-corrected chi connectivity index (χ2v) is 20.9. The zero-order valence-corrected chi connectivity index (χ0v) is 50.2. The predicted molar refractivity (Wildman–Crippen MR) is 334 cm³/mol. The lowest BCUT2D eigenvalue weighted by molar-refractivity contribution is -0.167. The summed E-state index contributed by atoms with van der Waals surface area (Å²) in [6.07, 6.45) is 89.0. The summed E-state index contributed by atoms with van der Waals surface area (Å²) < 4.78 is 16.9. The van der Waals surface area contributed by atoms with Gasteiger partial charge in [-0.2, -0.15) is 0 Å². The fourth-order valence-electron chi connectivity index (χ4n) is 8.69. The topological polar surface area (TPSA) is 78.9 Å². The molecule has 1 unspecified atom stereocenters. The van der Waals surface area contributed by atoms with Crippen molar-refractivity contribution >= 4 is 17.9 Å². The van der Waals surface area contributed by atoms with Crippen molar-refractivity contribution in [2.45, 2.75) is 297 Å². The summed E-state index contributed by atoms with van der Waals surface area (Å²) in [4.78, 5) is 38.4. The third-order valence-electron chi connectivity index (χ3n) is 13.4. The van der Waals surface area contributed by atoms with Crippen LogP contribution in [0.4, 0.5) is 0 Å². The molecule has 6 heteroatoms. The molecule has 0 aliphatic rings. The number of allylic oxidation sites excluding steroid dienone is 20. The van der Waals surface area contributed by atoms with Crippen LogP contribution in [0.15, 0.2) is 122 Å². The second-order valence-electron chi connectivity index (χ2n) is 20.9. The first-order chi connectivity index (χ1) is 38.0. The molecule has 0 aliphatic carbocycles. The van der Waals surface area contributed by atoms with E-state index in [4.69, 9.17) is 14.2 Å². The lowest BCUT2D eigenvalue weighted by Crippen LogP contribution is -2.30. The molecule has 0 rings (SSSR count). The van der Waals surface area contributed by atoms with Gasteiger partial charge in [-0.3, -0.25) is 14.4 Å². The molecule has 0 aromatic heterocycles. The Morgan fingerprint density at radius 1 is 0.273 bits per heavy atom. The van der Waals surface area contributed by atoms with Crippen LogP contribution in [0.25, 0.3) is 0 Å². The van der Waals surface area contributed by atoms with Crippen molar-refractivity contribution in [3.8, 4) is 0 Å². The van der Waals surface area contributed by atoms with Crippen LogP contribution in [0.1, 0.15) is 290 Å². The summed E-state index contributed by atoms with van der Waals surface area (Å²) in [6, 6.07) is 0. The predicted octanol–water partition coefficient (Wildman–Crippen LogP) is 22.0. The Labute approximate surface area is 475 Å². The van der Waals surface area contributed by atoms with Gasteiger partial charge in [-0.05, 0) is 128 Å². The van der Waals surface area contributed by atoms with Crippen LogP contribution in [0.3, 0.4) is 0 Å². The highest BCUT2D eigenvalue weighted by Crippen LogP contribution is 2.15. The lowest BCUT2D eigenvalue weighted by atomic mass is 10.1. The Morgan fingerprint density at radius 2 is 0.506 bits per heavy atom. The summed E-state index contributed by atoms with van der Waals surface area (Å²) >= 11 is 0. The molecule has 0 bridgehead atoms. The fraction of sp³-hybridized carbons (Fsp3) is 0.676. The lowest BCUT2D eigenvalue weighted by Gasteiger charge is -2.18. The van der Waals surface area contributed by atoms with Crippen molar-refractivity contribution in [3.05, 3.63) is 122 Å². The van der Waals surface area contributed by atoms with Crippen LogP contribution in [0.5, 0.6) is 0 Å². The first kappa shape index (κ1) is 72.8. The average molecular weight is 1070 g/mol. The minimum Gasteiger partial charge on any atom is -0.462 e. The van der Waals surface area contributed by atoms with Gasteiger partial charge in [0.2, 0.25) is 0 Å². The van der Waals surface area contributed by atoms with Gasteiger partial charge in [0.05, 0.1) is 0 Å². The molecule has 0 N–H and O–H groups in total. The van der Waals surface area contributed by atoms with E-state index in [9.17, 15) is 14.4 Å². The Hall–Kier alpha value is -4.19. The van der Waals surface area contributed by atoms with E-state index in [1.54, 1.807) is 0 Å². The van der Waals surface area contributed by atoms with E-state index in [2.05, 4.69) is 142 Å². The molecule has 0 fully saturated rings. The number of carbonyl (C=O) groups is 3. The first-order valence-corrected chi connectivity index (χ1v) is 32.0. The molecular weight excluding hydrogens is 949 g/mol. The number of carbonyl (C=O) groups excluding carboxylic acids is 3. The third kappa shape index (κ3) is 62.5. The molecule has 0 aromatic carbocycles. The van der Waals surface area contributed by atoms with Gasteiger partial charge in [0.25, 0.3) is 0 Å². The van der Waals surface area contributed by atoms with Gasteiger partial charge in [0.1, 0.15) is 13.2 Å². The molecule has 77 heavy (non-hydrogen) atoms. The maximum absolute atomic E-state index is 12.9. The van der Waals surface area contributed by atoms with Crippen LogP contribution in [0.2, 0.25) is 0 Å². The average Bonchev–Trinajstić information content (AvgIpc) is 3.43. The van der Waals surface area contributed by atoms with Crippen molar-refractivity contribution in [2.24, 2.45) is 0 Å². The van der Waals surface area contributed by atoms with E-state index >= 15 is 0 Å². The summed E-state index contributed by atoms with van der Waals surface area (Å²) in [6.45, 7) is 6.39. The SMILES string of the molecule is CC/C=C\C/C=C\C/C=C\C/C=C\CCCCCCCCCCC(=O)OCC(COC(=O)CCCCCCCCCCC/C=C\C/C=C\CCCCC)OC(=O)CCCCCCCC/C=C\C/C=C\C/C=C\C/C=C\CC. The van der Waals surface area contributed by atoms with Gasteiger partial charge >= 0.3 is 17.9 Å². The van der Waals surface area contributed by atoms with Crippen LogP contribution >= 0.6 is 0 Å². The maximum atomic E-state index is 12.9. The van der Waals surface area contributed by atoms with Crippen LogP contribution in [0, 0.1) is 0 Å². The van der Waals surface area contributed by atoms with E-state index in [-0.39, 0.29) is 31.1 Å². The van der Waals surface area contributed by atoms with Gasteiger partial charge in [-0.1, -0.05) is 264 Å². The molecule has 0 aliphatic heterocycles. The van der Waals surface area contributed by atoms with E-state index in [0.717, 1.165) is 135 Å². The summed E-state index contributed by atoms with van der Waals surface area (Å²) in [5.74, 6) is -0.911. The number of ether oxygens (including phenoxy) is 3. The molecule has 0 amide bonds. The molecule has 0 saturated heterocycles. The number of hydrogen-bond donors (Lipinski definition) is 0. The highest BCUT2D eigenvalue weighted by atomic mass is 16.6. The standard InChI is InChI=1S/C71H118O6/c1-4-7-10-13-16-19-22-25-28-31-34-35-38-40-43-46-49-52-55-58-61-64-70(73)76-67-68(77-71(74)65-62-59-56-53-50-47-44-41-37-33-30-27-24-21-18-15-12-9-6-3)66-75-69(72)63-60-57-54-51-48-45-42-39-36-32-29-26-23-20-17-14-11-8-5-2/h7,9-10,12,16-21,25-30,34-35,37,41,68H,4-6,8,11,13-15,22-24,31-33,36,38-40,42-67H2,1-3H3/b10-7-,12-9-,19-16-,20-17-,21-18-,28-25-,29-26-,30-27-,35-34-,41-37-. The summed E-state index contributed by atoms with van der Waals surface area (Å²) in [7, 11) is 0.